The number of ether oxygens (including phenoxy) is 5. The van der Waals surface area contributed by atoms with E-state index in [1.165, 1.54) is 28.1 Å². The van der Waals surface area contributed by atoms with E-state index in [1.54, 1.807) is 0 Å². The van der Waals surface area contributed by atoms with Gasteiger partial charge in [-0.05, 0) is 0 Å². The Labute approximate surface area is 112 Å². The molecule has 19 heavy (non-hydrogen) atoms. The van der Waals surface area contributed by atoms with Crippen LogP contribution in [0.4, 0.5) is 0 Å². The van der Waals surface area contributed by atoms with Crippen molar-refractivity contribution in [2.24, 2.45) is 0 Å². The van der Waals surface area contributed by atoms with Gasteiger partial charge >= 0.3 is 11.9 Å². The predicted octanol–water partition coefficient (Wildman–Crippen LogP) is -0.0900. The summed E-state index contributed by atoms with van der Waals surface area (Å²) in [5, 5.41) is 0. The maximum atomic E-state index is 11.0. The number of esters is 2. The summed E-state index contributed by atoms with van der Waals surface area (Å²) in [4.78, 5) is 21.8. The summed E-state index contributed by atoms with van der Waals surface area (Å²) in [7, 11) is 3.00. The lowest BCUT2D eigenvalue weighted by atomic mass is 10.00. The first-order valence-electron chi connectivity index (χ1n) is 5.97. The third-order valence-electron chi connectivity index (χ3n) is 2.84. The summed E-state index contributed by atoms with van der Waals surface area (Å²) in [6, 6.07) is 0. The van der Waals surface area contributed by atoms with Gasteiger partial charge in [0.25, 0.3) is 0 Å². The first kappa shape index (κ1) is 15.9. The van der Waals surface area contributed by atoms with Crippen LogP contribution in [-0.2, 0) is 33.3 Å². The van der Waals surface area contributed by atoms with Gasteiger partial charge in [0.15, 0.2) is 6.10 Å². The predicted molar refractivity (Wildman–Crippen MR) is 63.5 cm³/mol. The van der Waals surface area contributed by atoms with Crippen LogP contribution >= 0.6 is 0 Å². The summed E-state index contributed by atoms with van der Waals surface area (Å²) in [6.07, 6.45) is -1.95. The highest BCUT2D eigenvalue weighted by atomic mass is 16.6. The number of methoxy groups -OCH3 is 2. The number of hydrogen-bond acceptors (Lipinski definition) is 7. The lowest BCUT2D eigenvalue weighted by Gasteiger charge is -2.40. The molecule has 0 N–H and O–H groups in total. The molecule has 1 aliphatic rings. The van der Waals surface area contributed by atoms with Gasteiger partial charge in [0, 0.05) is 28.1 Å². The molecular formula is C12H20O7. The van der Waals surface area contributed by atoms with Gasteiger partial charge < -0.3 is 23.7 Å². The molecule has 7 nitrogen and oxygen atoms in total. The fourth-order valence-corrected chi connectivity index (χ4v) is 2.06. The normalized spacial score (nSPS) is 30.7. The summed E-state index contributed by atoms with van der Waals surface area (Å²) >= 11 is 0. The Morgan fingerprint density at radius 3 is 2.21 bits per heavy atom. The van der Waals surface area contributed by atoms with E-state index in [0.29, 0.717) is 0 Å². The standard InChI is InChI=1S/C12H20O7/c1-7(13)17-5-9-11(15-3)12(16-4)10(6-18-9)19-8(2)14/h9-12H,5-6H2,1-4H3/t9-,10-,11+,12+/m1/s1. The fourth-order valence-electron chi connectivity index (χ4n) is 2.06. The first-order valence-corrected chi connectivity index (χ1v) is 5.97. The second-order valence-electron chi connectivity index (χ2n) is 4.22. The Kier molecular flexibility index (Phi) is 6.20. The Bertz CT molecular complexity index is 317. The highest BCUT2D eigenvalue weighted by Gasteiger charge is 2.43. The molecule has 0 aliphatic carbocycles. The van der Waals surface area contributed by atoms with Crippen molar-refractivity contribution in [1.29, 1.82) is 0 Å². The van der Waals surface area contributed by atoms with Gasteiger partial charge in [0.05, 0.1) is 6.61 Å². The molecule has 4 atom stereocenters. The second kappa shape index (κ2) is 7.42. The number of hydrogen-bond donors (Lipinski definition) is 0. The monoisotopic (exact) mass is 276 g/mol. The molecule has 1 heterocycles. The Hall–Kier alpha value is -1.18. The van der Waals surface area contributed by atoms with Crippen LogP contribution in [0.3, 0.4) is 0 Å². The molecule has 1 aliphatic heterocycles. The van der Waals surface area contributed by atoms with Crippen molar-refractivity contribution in [3.63, 3.8) is 0 Å². The van der Waals surface area contributed by atoms with Crippen molar-refractivity contribution in [1.82, 2.24) is 0 Å². The Morgan fingerprint density at radius 1 is 1.11 bits per heavy atom. The van der Waals surface area contributed by atoms with Crippen LogP contribution in [0.15, 0.2) is 0 Å². The van der Waals surface area contributed by atoms with E-state index in [1.807, 2.05) is 0 Å². The second-order valence-corrected chi connectivity index (χ2v) is 4.22. The maximum absolute atomic E-state index is 11.0. The third kappa shape index (κ3) is 4.45. The average Bonchev–Trinajstić information content (AvgIpc) is 2.35. The minimum atomic E-state index is -0.541. The van der Waals surface area contributed by atoms with Gasteiger partial charge in [-0.25, -0.2) is 0 Å². The minimum absolute atomic E-state index is 0.0699. The first-order chi connectivity index (χ1) is 8.99. The zero-order chi connectivity index (χ0) is 14.4. The van der Waals surface area contributed by atoms with Crippen LogP contribution in [0.1, 0.15) is 13.8 Å². The fraction of sp³-hybridized carbons (Fsp3) is 0.833. The molecule has 0 aromatic rings. The SMILES string of the molecule is CO[C@@H]1[C@@H](OC)[C@H](OC(C)=O)CO[C@@H]1COC(C)=O. The number of rotatable bonds is 5. The van der Waals surface area contributed by atoms with Crippen molar-refractivity contribution < 1.29 is 33.3 Å². The summed E-state index contributed by atoms with van der Waals surface area (Å²) in [6.45, 7) is 2.88. The van der Waals surface area contributed by atoms with Gasteiger partial charge in [-0.1, -0.05) is 0 Å². The smallest absolute Gasteiger partial charge is 0.303 e. The molecular weight excluding hydrogens is 256 g/mol. The molecule has 0 unspecified atom stereocenters. The van der Waals surface area contributed by atoms with E-state index >= 15 is 0 Å². The van der Waals surface area contributed by atoms with E-state index in [4.69, 9.17) is 23.7 Å². The molecule has 0 aromatic heterocycles. The van der Waals surface area contributed by atoms with Crippen LogP contribution in [0.5, 0.6) is 0 Å². The Balaban J connectivity index is 2.69. The molecule has 110 valence electrons. The van der Waals surface area contributed by atoms with E-state index in [0.717, 1.165) is 0 Å². The quantitative estimate of drug-likeness (QED) is 0.649. The molecule has 0 saturated carbocycles. The molecule has 0 spiro atoms. The van der Waals surface area contributed by atoms with Gasteiger partial charge in [0.2, 0.25) is 0 Å². The third-order valence-corrected chi connectivity index (χ3v) is 2.84. The van der Waals surface area contributed by atoms with Crippen molar-refractivity contribution in [2.75, 3.05) is 27.4 Å². The van der Waals surface area contributed by atoms with Crippen molar-refractivity contribution >= 4 is 11.9 Å². The van der Waals surface area contributed by atoms with E-state index in [9.17, 15) is 9.59 Å². The lowest BCUT2D eigenvalue weighted by molar-refractivity contribution is -0.224. The van der Waals surface area contributed by atoms with Gasteiger partial charge in [0.1, 0.15) is 24.9 Å². The van der Waals surface area contributed by atoms with Gasteiger partial charge in [-0.15, -0.1) is 0 Å². The highest BCUT2D eigenvalue weighted by Crippen LogP contribution is 2.23. The van der Waals surface area contributed by atoms with E-state index in [-0.39, 0.29) is 13.2 Å². The van der Waals surface area contributed by atoms with Crippen molar-refractivity contribution in [2.45, 2.75) is 38.3 Å². The molecule has 1 rings (SSSR count). The summed E-state index contributed by atoms with van der Waals surface area (Å²) in [5.41, 5.74) is 0. The molecule has 1 fully saturated rings. The molecule has 0 amide bonds. The van der Waals surface area contributed by atoms with Crippen molar-refractivity contribution in [3.8, 4) is 0 Å². The summed E-state index contributed by atoms with van der Waals surface area (Å²) in [5.74, 6) is -0.807. The van der Waals surface area contributed by atoms with E-state index < -0.39 is 36.4 Å². The molecule has 0 bridgehead atoms. The zero-order valence-corrected chi connectivity index (χ0v) is 11.6. The summed E-state index contributed by atoms with van der Waals surface area (Å²) < 4.78 is 26.2. The van der Waals surface area contributed by atoms with Crippen LogP contribution in [0.25, 0.3) is 0 Å². The van der Waals surface area contributed by atoms with Crippen LogP contribution in [0.2, 0.25) is 0 Å². The van der Waals surface area contributed by atoms with Crippen LogP contribution in [-0.4, -0.2) is 63.8 Å². The van der Waals surface area contributed by atoms with Crippen LogP contribution in [0, 0.1) is 0 Å². The van der Waals surface area contributed by atoms with Gasteiger partial charge in [-0.3, -0.25) is 9.59 Å². The molecule has 0 radical (unpaired) electrons. The molecule has 1 saturated heterocycles. The highest BCUT2D eigenvalue weighted by molar-refractivity contribution is 5.66. The van der Waals surface area contributed by atoms with Gasteiger partial charge in [-0.2, -0.15) is 0 Å². The molecule has 0 aromatic carbocycles. The number of carbonyl (C=O) groups excluding carboxylic acids is 2. The minimum Gasteiger partial charge on any atom is -0.463 e. The Morgan fingerprint density at radius 2 is 1.74 bits per heavy atom. The van der Waals surface area contributed by atoms with Crippen LogP contribution < -0.4 is 0 Å². The topological polar surface area (TPSA) is 80.3 Å². The zero-order valence-electron chi connectivity index (χ0n) is 11.6. The number of carbonyl (C=O) groups is 2. The van der Waals surface area contributed by atoms with E-state index in [2.05, 4.69) is 0 Å². The lowest BCUT2D eigenvalue weighted by Crippen LogP contribution is -2.57. The average molecular weight is 276 g/mol. The molecule has 7 heteroatoms. The maximum Gasteiger partial charge on any atom is 0.303 e. The largest absolute Gasteiger partial charge is 0.463 e. The van der Waals surface area contributed by atoms with Crippen molar-refractivity contribution in [3.05, 3.63) is 0 Å².